The first kappa shape index (κ1) is 20.7. The third kappa shape index (κ3) is 3.93. The van der Waals surface area contributed by atoms with E-state index in [1.54, 1.807) is 24.3 Å². The first-order valence-electron chi connectivity index (χ1n) is 10.3. The van der Waals surface area contributed by atoms with E-state index in [4.69, 9.17) is 0 Å². The molecule has 8 nitrogen and oxygen atoms in total. The third-order valence-corrected chi connectivity index (χ3v) is 6.12. The fourth-order valence-electron chi connectivity index (χ4n) is 4.50. The number of nitrogens with zero attached hydrogens (tertiary/aromatic N) is 3. The van der Waals surface area contributed by atoms with Gasteiger partial charge >= 0.3 is 0 Å². The molecule has 0 radical (unpaired) electrons. The molecule has 160 valence electrons. The molecular formula is C23H23N3O5. The average Bonchev–Trinajstić information content (AvgIpc) is 3.02. The zero-order valence-corrected chi connectivity index (χ0v) is 17.1. The second-order valence-corrected chi connectivity index (χ2v) is 8.28. The predicted octanol–water partition coefficient (Wildman–Crippen LogP) is 3.57. The summed E-state index contributed by atoms with van der Waals surface area (Å²) in [5, 5.41) is 13.3. The van der Waals surface area contributed by atoms with Gasteiger partial charge < -0.3 is 0 Å². The fourth-order valence-corrected chi connectivity index (χ4v) is 4.50. The van der Waals surface area contributed by atoms with Crippen molar-refractivity contribution in [2.45, 2.75) is 32.7 Å². The molecule has 2 aromatic carbocycles. The van der Waals surface area contributed by atoms with Crippen molar-refractivity contribution in [1.29, 1.82) is 0 Å². The maximum atomic E-state index is 13.4. The van der Waals surface area contributed by atoms with Gasteiger partial charge in [0.25, 0.3) is 23.4 Å². The molecule has 1 saturated carbocycles. The van der Waals surface area contributed by atoms with Crippen LogP contribution in [0.1, 0.15) is 42.1 Å². The van der Waals surface area contributed by atoms with Crippen LogP contribution in [0.5, 0.6) is 0 Å². The van der Waals surface area contributed by atoms with E-state index < -0.39 is 22.7 Å². The van der Waals surface area contributed by atoms with Crippen LogP contribution in [0.15, 0.2) is 54.6 Å². The Bertz CT molecular complexity index is 1040. The monoisotopic (exact) mass is 421 g/mol. The van der Waals surface area contributed by atoms with Gasteiger partial charge in [-0.05, 0) is 36.8 Å². The summed E-state index contributed by atoms with van der Waals surface area (Å²) in [5.74, 6) is -1.85. The van der Waals surface area contributed by atoms with Gasteiger partial charge in [-0.25, -0.2) is 5.01 Å². The number of nitro benzene ring substituents is 1. The molecule has 0 aromatic heterocycles. The van der Waals surface area contributed by atoms with Crippen molar-refractivity contribution < 1.29 is 19.3 Å². The first-order valence-corrected chi connectivity index (χ1v) is 10.3. The highest BCUT2D eigenvalue weighted by Crippen LogP contribution is 2.41. The number of amides is 3. The first-order chi connectivity index (χ1) is 14.9. The standard InChI is InChI=1S/C23H23N3O5/c1-15-10-11-19-20(12-15)23(29)25(22(19)28)24(14-16-6-3-2-4-7-16)21(27)17-8-5-9-18(13-17)26(30)31/h2-9,13,15,19-20H,10-12,14H2,1H3/t15-,19-,20+/m1/s1. The normalized spacial score (nSPS) is 22.9. The van der Waals surface area contributed by atoms with Gasteiger partial charge in [0.15, 0.2) is 0 Å². The minimum atomic E-state index is -0.624. The summed E-state index contributed by atoms with van der Waals surface area (Å²) in [6.07, 6.45) is 2.11. The Balaban J connectivity index is 1.72. The van der Waals surface area contributed by atoms with E-state index in [0.29, 0.717) is 18.8 Å². The van der Waals surface area contributed by atoms with Crippen LogP contribution in [0.4, 0.5) is 5.69 Å². The van der Waals surface area contributed by atoms with Gasteiger partial charge in [0.2, 0.25) is 0 Å². The zero-order chi connectivity index (χ0) is 22.1. The number of hydrogen-bond acceptors (Lipinski definition) is 5. The Morgan fingerprint density at radius 3 is 2.48 bits per heavy atom. The number of rotatable bonds is 5. The van der Waals surface area contributed by atoms with Crippen LogP contribution < -0.4 is 0 Å². The Morgan fingerprint density at radius 2 is 1.77 bits per heavy atom. The predicted molar refractivity (Wildman–Crippen MR) is 111 cm³/mol. The van der Waals surface area contributed by atoms with E-state index in [2.05, 4.69) is 6.92 Å². The topological polar surface area (TPSA) is 101 Å². The highest BCUT2D eigenvalue weighted by atomic mass is 16.6. The summed E-state index contributed by atoms with van der Waals surface area (Å²) in [6, 6.07) is 14.4. The summed E-state index contributed by atoms with van der Waals surface area (Å²) < 4.78 is 0. The molecule has 3 amide bonds. The maximum Gasteiger partial charge on any atom is 0.273 e. The van der Waals surface area contributed by atoms with Crippen molar-refractivity contribution in [3.63, 3.8) is 0 Å². The lowest BCUT2D eigenvalue weighted by molar-refractivity contribution is -0.384. The van der Waals surface area contributed by atoms with E-state index in [0.717, 1.165) is 22.0 Å². The van der Waals surface area contributed by atoms with Gasteiger partial charge in [-0.3, -0.25) is 24.5 Å². The molecule has 0 spiro atoms. The SMILES string of the molecule is C[C@@H]1CC[C@H]2C(=O)N(N(Cc3ccccc3)C(=O)c3cccc([N+](=O)[O-])c3)C(=O)[C@H]2C1. The summed E-state index contributed by atoms with van der Waals surface area (Å²) in [4.78, 5) is 50.5. The van der Waals surface area contributed by atoms with Crippen molar-refractivity contribution in [2.24, 2.45) is 17.8 Å². The minimum Gasteiger partial charge on any atom is -0.272 e. The number of fused-ring (bicyclic) bond motifs is 1. The lowest BCUT2D eigenvalue weighted by atomic mass is 9.76. The van der Waals surface area contributed by atoms with Crippen LogP contribution in [0, 0.1) is 27.9 Å². The van der Waals surface area contributed by atoms with E-state index in [1.807, 2.05) is 6.07 Å². The third-order valence-electron chi connectivity index (χ3n) is 6.12. The Labute approximate surface area is 179 Å². The second kappa shape index (κ2) is 8.29. The molecule has 1 heterocycles. The number of carbonyl (C=O) groups is 3. The van der Waals surface area contributed by atoms with Crippen LogP contribution >= 0.6 is 0 Å². The van der Waals surface area contributed by atoms with E-state index in [9.17, 15) is 24.5 Å². The van der Waals surface area contributed by atoms with Gasteiger partial charge in [-0.1, -0.05) is 43.3 Å². The molecule has 2 aliphatic rings. The molecule has 0 bridgehead atoms. The summed E-state index contributed by atoms with van der Waals surface area (Å²) >= 11 is 0. The van der Waals surface area contributed by atoms with Gasteiger partial charge in [-0.15, -0.1) is 0 Å². The molecule has 4 rings (SSSR count). The Hall–Kier alpha value is -3.55. The molecule has 31 heavy (non-hydrogen) atoms. The number of nitro groups is 1. The van der Waals surface area contributed by atoms with Crippen molar-refractivity contribution in [3.05, 3.63) is 75.8 Å². The molecule has 8 heteroatoms. The largest absolute Gasteiger partial charge is 0.273 e. The molecule has 0 unspecified atom stereocenters. The molecular weight excluding hydrogens is 398 g/mol. The quantitative estimate of drug-likeness (QED) is 0.417. The lowest BCUT2D eigenvalue weighted by Crippen LogP contribution is -2.49. The Morgan fingerprint density at radius 1 is 1.06 bits per heavy atom. The van der Waals surface area contributed by atoms with E-state index >= 15 is 0 Å². The van der Waals surface area contributed by atoms with Crippen LogP contribution in [0.25, 0.3) is 0 Å². The minimum absolute atomic E-state index is 0.00877. The average molecular weight is 421 g/mol. The van der Waals surface area contributed by atoms with E-state index in [-0.39, 0.29) is 29.6 Å². The second-order valence-electron chi connectivity index (χ2n) is 8.28. The summed E-state index contributed by atoms with van der Waals surface area (Å²) in [5.41, 5.74) is 0.561. The number of imide groups is 1. The maximum absolute atomic E-state index is 13.4. The molecule has 1 saturated heterocycles. The molecule has 2 fully saturated rings. The number of hydrazine groups is 1. The number of carbonyl (C=O) groups excluding carboxylic acids is 3. The molecule has 1 aliphatic heterocycles. The fraction of sp³-hybridized carbons (Fsp3) is 0.348. The molecule has 0 N–H and O–H groups in total. The van der Waals surface area contributed by atoms with Crippen LogP contribution in [0.2, 0.25) is 0 Å². The van der Waals surface area contributed by atoms with Gasteiger partial charge in [-0.2, -0.15) is 5.01 Å². The van der Waals surface area contributed by atoms with Crippen LogP contribution in [0.3, 0.4) is 0 Å². The molecule has 2 aromatic rings. The van der Waals surface area contributed by atoms with Crippen molar-refractivity contribution in [3.8, 4) is 0 Å². The zero-order valence-electron chi connectivity index (χ0n) is 17.1. The van der Waals surface area contributed by atoms with Gasteiger partial charge in [0.05, 0.1) is 23.3 Å². The van der Waals surface area contributed by atoms with Crippen molar-refractivity contribution >= 4 is 23.4 Å². The highest BCUT2D eigenvalue weighted by molar-refractivity contribution is 6.07. The van der Waals surface area contributed by atoms with Crippen LogP contribution in [-0.4, -0.2) is 32.7 Å². The highest BCUT2D eigenvalue weighted by Gasteiger charge is 2.52. The lowest BCUT2D eigenvalue weighted by Gasteiger charge is -2.30. The number of benzene rings is 2. The summed E-state index contributed by atoms with van der Waals surface area (Å²) in [6.45, 7) is 2.07. The smallest absolute Gasteiger partial charge is 0.272 e. The van der Waals surface area contributed by atoms with Gasteiger partial charge in [0, 0.05) is 17.7 Å². The number of hydrogen-bond donors (Lipinski definition) is 0. The Kier molecular flexibility index (Phi) is 5.54. The van der Waals surface area contributed by atoms with Crippen LogP contribution in [-0.2, 0) is 16.1 Å². The summed E-state index contributed by atoms with van der Waals surface area (Å²) in [7, 11) is 0. The number of non-ortho nitro benzene ring substituents is 1. The van der Waals surface area contributed by atoms with Crippen molar-refractivity contribution in [1.82, 2.24) is 10.0 Å². The van der Waals surface area contributed by atoms with Gasteiger partial charge in [0.1, 0.15) is 0 Å². The van der Waals surface area contributed by atoms with E-state index in [1.165, 1.54) is 24.3 Å². The molecule has 3 atom stereocenters. The molecule has 1 aliphatic carbocycles. The van der Waals surface area contributed by atoms with Crippen molar-refractivity contribution in [2.75, 3.05) is 0 Å².